The van der Waals surface area contributed by atoms with Crippen LogP contribution in [0, 0.1) is 33.6 Å². The second-order valence-electron chi connectivity index (χ2n) is 16.5. The van der Waals surface area contributed by atoms with Crippen molar-refractivity contribution in [2.45, 2.75) is 95.0 Å². The zero-order valence-corrected chi connectivity index (χ0v) is 36.2. The number of aryl methyl sites for hydroxylation is 2. The maximum absolute atomic E-state index is 8.70. The zero-order valence-electron chi connectivity index (χ0n) is 31.1. The van der Waals surface area contributed by atoms with Gasteiger partial charge in [0.15, 0.2) is 0 Å². The van der Waals surface area contributed by atoms with Gasteiger partial charge in [0.05, 0.1) is 0 Å². The van der Waals surface area contributed by atoms with Crippen molar-refractivity contribution >= 4 is 35.1 Å². The number of halogens is 2. The van der Waals surface area contributed by atoms with Gasteiger partial charge < -0.3 is 0 Å². The van der Waals surface area contributed by atoms with Crippen LogP contribution in [-0.2, 0) is 21.0 Å². The van der Waals surface area contributed by atoms with Gasteiger partial charge in [0.2, 0.25) is 0 Å². The minimum atomic E-state index is -4.86. The fourth-order valence-corrected chi connectivity index (χ4v) is 41.0. The molecule has 0 aromatic heterocycles. The second kappa shape index (κ2) is 12.4. The van der Waals surface area contributed by atoms with Crippen LogP contribution in [0.15, 0.2) is 77.9 Å². The van der Waals surface area contributed by atoms with E-state index in [4.69, 9.17) is 17.0 Å². The quantitative estimate of drug-likeness (QED) is 0.171. The standard InChI is InChI=1S/2C21H23.C2H7Si.2ClH.Zr/c1-14-12-19-15(2)6-11-18(20(19)13-14)16-7-9-17(10-8-16)21(3,4)5;1-13(2)18-11-17-7-6-8-20(21(17)12-18)19-10-9-14(3)15(4)16(19)5;1-3-2;;;/h2*6-13H,1-5H3;3H,1-2H3;2*1H;/q;;;;;+2/p-2. The average molecular weight is 772 g/mol. The van der Waals surface area contributed by atoms with E-state index in [1.807, 2.05) is 0 Å². The van der Waals surface area contributed by atoms with Crippen molar-refractivity contribution in [3.8, 4) is 22.3 Å². The van der Waals surface area contributed by atoms with Crippen LogP contribution in [0.4, 0.5) is 0 Å². The SMILES string of the molecule is CC1=Cc2c(-c3ccc(C(C)(C)C)cc3)ccc(C)c2[CH]1[Zr]([Cl])([Cl])([CH]1C(C(C)C)=Cc2c(-c3ccc(C)c(C)c3C)cccc21)[SiH](C)C. The third-order valence-corrected chi connectivity index (χ3v) is 63.9. The Labute approximate surface area is 299 Å². The molecule has 0 aliphatic heterocycles. The fourth-order valence-electron chi connectivity index (χ4n) is 8.79. The summed E-state index contributed by atoms with van der Waals surface area (Å²) in [6.45, 7) is 27.7. The summed E-state index contributed by atoms with van der Waals surface area (Å²) in [5.41, 5.74) is 20.2. The summed E-state index contributed by atoms with van der Waals surface area (Å²) >= 11 is -4.86. The Morgan fingerprint density at radius 2 is 1.29 bits per heavy atom. The Morgan fingerprint density at radius 1 is 0.667 bits per heavy atom. The molecule has 0 saturated carbocycles. The van der Waals surface area contributed by atoms with E-state index in [1.165, 1.54) is 83.5 Å². The van der Waals surface area contributed by atoms with Crippen LogP contribution in [0.1, 0.15) is 98.9 Å². The molecule has 0 bridgehead atoms. The van der Waals surface area contributed by atoms with Gasteiger partial charge in [-0.3, -0.25) is 0 Å². The monoisotopic (exact) mass is 769 g/mol. The molecule has 2 atom stereocenters. The van der Waals surface area contributed by atoms with Crippen molar-refractivity contribution in [2.75, 3.05) is 0 Å². The second-order valence-corrected chi connectivity index (χ2v) is 59.0. The van der Waals surface area contributed by atoms with Crippen LogP contribution in [-0.4, -0.2) is 5.92 Å². The van der Waals surface area contributed by atoms with Crippen LogP contribution in [0.3, 0.4) is 0 Å². The Balaban J connectivity index is 1.58. The topological polar surface area (TPSA) is 0 Å². The van der Waals surface area contributed by atoms with Gasteiger partial charge in [-0.2, -0.15) is 0 Å². The molecule has 48 heavy (non-hydrogen) atoms. The molecule has 0 saturated heterocycles. The van der Waals surface area contributed by atoms with E-state index in [0.29, 0.717) is 5.92 Å². The molecule has 4 aromatic carbocycles. The summed E-state index contributed by atoms with van der Waals surface area (Å²) in [4.78, 5) is 0. The molecule has 6 rings (SSSR count). The first-order chi connectivity index (χ1) is 22.4. The summed E-state index contributed by atoms with van der Waals surface area (Å²) < 4.78 is 0.159. The number of fused-ring (bicyclic) bond motifs is 2. The van der Waals surface area contributed by atoms with E-state index >= 15 is 0 Å². The van der Waals surface area contributed by atoms with Crippen LogP contribution >= 0.6 is 17.0 Å². The van der Waals surface area contributed by atoms with Gasteiger partial charge in [0, 0.05) is 0 Å². The van der Waals surface area contributed by atoms with Gasteiger partial charge in [-0.1, -0.05) is 0 Å². The zero-order chi connectivity index (χ0) is 35.1. The van der Waals surface area contributed by atoms with Gasteiger partial charge in [-0.05, 0) is 0 Å². The van der Waals surface area contributed by atoms with Gasteiger partial charge in [-0.15, -0.1) is 0 Å². The molecule has 2 unspecified atom stereocenters. The van der Waals surface area contributed by atoms with E-state index < -0.39 is 21.5 Å². The van der Waals surface area contributed by atoms with Gasteiger partial charge in [-0.25, -0.2) is 0 Å². The van der Waals surface area contributed by atoms with E-state index in [1.54, 1.807) is 0 Å². The van der Waals surface area contributed by atoms with Crippen molar-refractivity contribution in [3.63, 3.8) is 0 Å². The average Bonchev–Trinajstić information content (AvgIpc) is 3.60. The molecule has 0 N–H and O–H groups in total. The molecular formula is C44H53Cl2SiZr. The summed E-state index contributed by atoms with van der Waals surface area (Å²) in [6.07, 6.45) is 4.94. The van der Waals surface area contributed by atoms with Gasteiger partial charge in [0.25, 0.3) is 0 Å². The van der Waals surface area contributed by atoms with E-state index in [9.17, 15) is 0 Å². The van der Waals surface area contributed by atoms with Crippen molar-refractivity contribution in [2.24, 2.45) is 5.92 Å². The molecule has 2 aliphatic carbocycles. The molecule has 0 fully saturated rings. The van der Waals surface area contributed by atoms with Crippen molar-refractivity contribution in [1.29, 1.82) is 0 Å². The van der Waals surface area contributed by atoms with E-state index in [0.717, 1.165) is 0 Å². The van der Waals surface area contributed by atoms with E-state index in [2.05, 4.69) is 161 Å². The molecule has 0 spiro atoms. The molecule has 0 radical (unpaired) electrons. The summed E-state index contributed by atoms with van der Waals surface area (Å²) in [5.74, 6) is -1.31. The first kappa shape index (κ1) is 35.9. The van der Waals surface area contributed by atoms with Crippen molar-refractivity contribution in [1.82, 2.24) is 0 Å². The molecule has 251 valence electrons. The first-order valence-corrected chi connectivity index (χ1v) is 34.1. The minimum absolute atomic E-state index is 0.0790. The van der Waals surface area contributed by atoms with Gasteiger partial charge >= 0.3 is 302 Å². The maximum atomic E-state index is 8.70. The summed E-state index contributed by atoms with van der Waals surface area (Å²) in [7, 11) is 17.4. The number of allylic oxidation sites excluding steroid dienone is 2. The van der Waals surface area contributed by atoms with Crippen LogP contribution in [0.25, 0.3) is 34.4 Å². The number of rotatable bonds is 6. The Kier molecular flexibility index (Phi) is 9.24. The first-order valence-electron chi connectivity index (χ1n) is 17.8. The number of hydrogen-bond donors (Lipinski definition) is 0. The van der Waals surface area contributed by atoms with Crippen LogP contribution in [0.2, 0.25) is 13.1 Å². The predicted octanol–water partition coefficient (Wildman–Crippen LogP) is 13.8. The Bertz CT molecular complexity index is 2000. The molecule has 2 aliphatic rings. The predicted molar refractivity (Wildman–Crippen MR) is 214 cm³/mol. The molecule has 4 aromatic rings. The molecule has 4 heteroatoms. The van der Waals surface area contributed by atoms with Crippen molar-refractivity contribution in [3.05, 3.63) is 128 Å². The Hall–Kier alpha value is -1.96. The number of hydrogen-bond acceptors (Lipinski definition) is 0. The Morgan fingerprint density at radius 3 is 1.90 bits per heavy atom. The third kappa shape index (κ3) is 5.48. The van der Waals surface area contributed by atoms with Crippen LogP contribution < -0.4 is 0 Å². The van der Waals surface area contributed by atoms with Crippen molar-refractivity contribution < 1.29 is 15.6 Å². The molecular weight excluding hydrogens is 719 g/mol. The van der Waals surface area contributed by atoms with Gasteiger partial charge in [0.1, 0.15) is 0 Å². The normalized spacial score (nSPS) is 18.5. The summed E-state index contributed by atoms with van der Waals surface area (Å²) in [5, 5.41) is 0. The van der Waals surface area contributed by atoms with Crippen LogP contribution in [0.5, 0.6) is 0 Å². The summed E-state index contributed by atoms with van der Waals surface area (Å²) in [6, 6.07) is 25.3. The fraction of sp³-hybridized carbons (Fsp3) is 0.364. The molecule has 0 nitrogen and oxygen atoms in total. The molecule has 0 heterocycles. The van der Waals surface area contributed by atoms with E-state index in [-0.39, 0.29) is 12.7 Å². The molecule has 0 amide bonds. The third-order valence-electron chi connectivity index (χ3n) is 12.0. The number of benzene rings is 4.